The first kappa shape index (κ1) is 17.5. The van der Waals surface area contributed by atoms with Gasteiger partial charge in [-0.2, -0.15) is 5.10 Å². The van der Waals surface area contributed by atoms with Gasteiger partial charge in [0.1, 0.15) is 23.0 Å². The lowest BCUT2D eigenvalue weighted by Gasteiger charge is -2.13. The van der Waals surface area contributed by atoms with Crippen molar-refractivity contribution < 1.29 is 18.5 Å². The minimum absolute atomic E-state index is 0.0906. The average molecular weight is 338 g/mol. The number of carbonyl (C=O) groups excluding carboxylic acids is 1. The number of nitrogens with zero attached hydrogens (tertiary/aromatic N) is 3. The number of benzene rings is 1. The highest BCUT2D eigenvalue weighted by molar-refractivity contribution is 5.92. The molecule has 1 aromatic carbocycles. The van der Waals surface area contributed by atoms with Gasteiger partial charge in [0.25, 0.3) is 0 Å². The molecular weight excluding hydrogens is 322 g/mol. The fourth-order valence-electron chi connectivity index (χ4n) is 2.32. The number of anilines is 1. The van der Waals surface area contributed by atoms with Gasteiger partial charge in [0.2, 0.25) is 5.91 Å². The zero-order valence-corrected chi connectivity index (χ0v) is 13.3. The normalized spacial score (nSPS) is 12.0. The first-order valence-corrected chi connectivity index (χ1v) is 7.15. The zero-order valence-electron chi connectivity index (χ0n) is 13.3. The van der Waals surface area contributed by atoms with E-state index in [2.05, 4.69) is 10.4 Å². The summed E-state index contributed by atoms with van der Waals surface area (Å²) in [6.07, 6.45) is 0. The van der Waals surface area contributed by atoms with E-state index in [9.17, 15) is 23.7 Å². The van der Waals surface area contributed by atoms with Crippen molar-refractivity contribution in [2.75, 3.05) is 5.32 Å². The van der Waals surface area contributed by atoms with Crippen molar-refractivity contribution in [3.63, 3.8) is 0 Å². The predicted octanol–water partition coefficient (Wildman–Crippen LogP) is 2.96. The van der Waals surface area contributed by atoms with Gasteiger partial charge >= 0.3 is 5.69 Å². The molecule has 1 aromatic heterocycles. The molecule has 24 heavy (non-hydrogen) atoms. The Bertz CT molecular complexity index is 804. The number of nitrogens with one attached hydrogen (secondary N) is 1. The molecule has 0 unspecified atom stereocenters. The Morgan fingerprint density at radius 1 is 1.42 bits per heavy atom. The Balaban J connectivity index is 2.12. The predicted molar refractivity (Wildman–Crippen MR) is 82.5 cm³/mol. The van der Waals surface area contributed by atoms with Crippen molar-refractivity contribution >= 4 is 17.3 Å². The standard InChI is InChI=1S/C15H16F2N4O3/c1-8(7-20-10(3)14(21(23)24)9(2)19-20)15(22)18-13-5-4-11(16)6-12(13)17/h4-6,8H,7H2,1-3H3,(H,18,22)/t8-/m0/s1. The second-order valence-corrected chi connectivity index (χ2v) is 5.47. The summed E-state index contributed by atoms with van der Waals surface area (Å²) in [5.41, 5.74) is 0.375. The van der Waals surface area contributed by atoms with E-state index in [0.717, 1.165) is 12.1 Å². The van der Waals surface area contributed by atoms with Crippen LogP contribution in [-0.4, -0.2) is 20.6 Å². The zero-order chi connectivity index (χ0) is 18.0. The van der Waals surface area contributed by atoms with E-state index in [1.54, 1.807) is 13.8 Å². The van der Waals surface area contributed by atoms with Gasteiger partial charge < -0.3 is 5.32 Å². The Morgan fingerprint density at radius 2 is 2.08 bits per heavy atom. The molecule has 128 valence electrons. The third-order valence-corrected chi connectivity index (χ3v) is 3.61. The number of hydrogen-bond donors (Lipinski definition) is 1. The van der Waals surface area contributed by atoms with E-state index in [1.807, 2.05) is 0 Å². The average Bonchev–Trinajstić information content (AvgIpc) is 2.76. The van der Waals surface area contributed by atoms with Crippen LogP contribution in [0.3, 0.4) is 0 Å². The molecule has 0 spiro atoms. The second-order valence-electron chi connectivity index (χ2n) is 5.47. The number of aromatic nitrogens is 2. The topological polar surface area (TPSA) is 90.1 Å². The first-order valence-electron chi connectivity index (χ1n) is 7.15. The molecular formula is C15H16F2N4O3. The summed E-state index contributed by atoms with van der Waals surface area (Å²) in [5.74, 6) is -2.76. The number of amides is 1. The number of aryl methyl sites for hydroxylation is 1. The number of hydrogen-bond acceptors (Lipinski definition) is 4. The van der Waals surface area contributed by atoms with Crippen LogP contribution in [0.15, 0.2) is 18.2 Å². The molecule has 0 fully saturated rings. The molecule has 0 aliphatic heterocycles. The number of rotatable bonds is 5. The minimum atomic E-state index is -0.877. The third kappa shape index (κ3) is 3.55. The van der Waals surface area contributed by atoms with E-state index in [-0.39, 0.29) is 23.6 Å². The van der Waals surface area contributed by atoms with Gasteiger partial charge in [0.15, 0.2) is 0 Å². The first-order chi connectivity index (χ1) is 11.2. The van der Waals surface area contributed by atoms with E-state index in [1.165, 1.54) is 11.6 Å². The van der Waals surface area contributed by atoms with E-state index < -0.39 is 28.4 Å². The fourth-order valence-corrected chi connectivity index (χ4v) is 2.32. The van der Waals surface area contributed by atoms with Crippen molar-refractivity contribution in [3.8, 4) is 0 Å². The van der Waals surface area contributed by atoms with Crippen LogP contribution >= 0.6 is 0 Å². The summed E-state index contributed by atoms with van der Waals surface area (Å²) in [5, 5.41) is 17.4. The summed E-state index contributed by atoms with van der Waals surface area (Å²) in [7, 11) is 0. The second kappa shape index (κ2) is 6.73. The quantitative estimate of drug-likeness (QED) is 0.670. The summed E-state index contributed by atoms with van der Waals surface area (Å²) in [6.45, 7) is 4.73. The van der Waals surface area contributed by atoms with Crippen LogP contribution < -0.4 is 5.32 Å². The Kier molecular flexibility index (Phi) is 4.91. The minimum Gasteiger partial charge on any atom is -0.323 e. The SMILES string of the molecule is Cc1nn(C[C@H](C)C(=O)Nc2ccc(F)cc2F)c(C)c1[N+](=O)[O-]. The Labute approximate surface area is 136 Å². The van der Waals surface area contributed by atoms with E-state index in [4.69, 9.17) is 0 Å². The molecule has 1 amide bonds. The van der Waals surface area contributed by atoms with Crippen LogP contribution in [0.4, 0.5) is 20.2 Å². The van der Waals surface area contributed by atoms with E-state index >= 15 is 0 Å². The monoisotopic (exact) mass is 338 g/mol. The van der Waals surface area contributed by atoms with Gasteiger partial charge in [-0.25, -0.2) is 8.78 Å². The summed E-state index contributed by atoms with van der Waals surface area (Å²) in [4.78, 5) is 22.6. The Hall–Kier alpha value is -2.84. The van der Waals surface area contributed by atoms with Gasteiger partial charge in [0, 0.05) is 6.07 Å². The van der Waals surface area contributed by atoms with Crippen LogP contribution in [0.2, 0.25) is 0 Å². The summed E-state index contributed by atoms with van der Waals surface area (Å²) >= 11 is 0. The van der Waals surface area contributed by atoms with Gasteiger partial charge in [-0.15, -0.1) is 0 Å². The number of carbonyl (C=O) groups is 1. The molecule has 1 atom stereocenters. The molecule has 7 nitrogen and oxygen atoms in total. The fraction of sp³-hybridized carbons (Fsp3) is 0.333. The maximum atomic E-state index is 13.6. The van der Waals surface area contributed by atoms with Crippen molar-refractivity contribution in [3.05, 3.63) is 51.3 Å². The lowest BCUT2D eigenvalue weighted by molar-refractivity contribution is -0.386. The number of halogens is 2. The third-order valence-electron chi connectivity index (χ3n) is 3.61. The maximum absolute atomic E-state index is 13.6. The lowest BCUT2D eigenvalue weighted by Crippen LogP contribution is -2.25. The van der Waals surface area contributed by atoms with Crippen molar-refractivity contribution in [2.24, 2.45) is 5.92 Å². The highest BCUT2D eigenvalue weighted by atomic mass is 19.1. The Morgan fingerprint density at radius 3 is 2.62 bits per heavy atom. The largest absolute Gasteiger partial charge is 0.323 e. The van der Waals surface area contributed by atoms with Gasteiger partial charge in [-0.3, -0.25) is 19.6 Å². The molecule has 2 rings (SSSR count). The smallest absolute Gasteiger partial charge is 0.312 e. The molecule has 0 radical (unpaired) electrons. The summed E-state index contributed by atoms with van der Waals surface area (Å²) in [6, 6.07) is 2.84. The molecule has 0 aliphatic rings. The molecule has 0 saturated heterocycles. The molecule has 1 heterocycles. The molecule has 0 saturated carbocycles. The van der Waals surface area contributed by atoms with Crippen LogP contribution in [0.5, 0.6) is 0 Å². The van der Waals surface area contributed by atoms with Crippen molar-refractivity contribution in [1.82, 2.24) is 9.78 Å². The number of nitro groups is 1. The van der Waals surface area contributed by atoms with Gasteiger partial charge in [0.05, 0.1) is 23.1 Å². The summed E-state index contributed by atoms with van der Waals surface area (Å²) < 4.78 is 27.8. The molecule has 0 aliphatic carbocycles. The van der Waals surface area contributed by atoms with Crippen LogP contribution in [0, 0.1) is 41.5 Å². The molecule has 1 N–H and O–H groups in total. The highest BCUT2D eigenvalue weighted by Crippen LogP contribution is 2.23. The lowest BCUT2D eigenvalue weighted by atomic mass is 10.1. The molecule has 2 aromatic rings. The van der Waals surface area contributed by atoms with Crippen molar-refractivity contribution in [1.29, 1.82) is 0 Å². The van der Waals surface area contributed by atoms with Crippen LogP contribution in [0.25, 0.3) is 0 Å². The van der Waals surface area contributed by atoms with Gasteiger partial charge in [-0.1, -0.05) is 6.92 Å². The molecule has 9 heteroatoms. The van der Waals surface area contributed by atoms with Crippen LogP contribution in [0.1, 0.15) is 18.3 Å². The maximum Gasteiger partial charge on any atom is 0.312 e. The molecule has 0 bridgehead atoms. The van der Waals surface area contributed by atoms with Gasteiger partial charge in [-0.05, 0) is 26.0 Å². The van der Waals surface area contributed by atoms with E-state index in [0.29, 0.717) is 11.8 Å². The van der Waals surface area contributed by atoms with Crippen molar-refractivity contribution in [2.45, 2.75) is 27.3 Å². The van der Waals surface area contributed by atoms with Crippen LogP contribution in [-0.2, 0) is 11.3 Å². The highest BCUT2D eigenvalue weighted by Gasteiger charge is 2.24.